The first kappa shape index (κ1) is 13.7. The Morgan fingerprint density at radius 3 is 2.63 bits per heavy atom. The lowest BCUT2D eigenvalue weighted by molar-refractivity contribution is -0.141. The zero-order chi connectivity index (χ0) is 14.0. The molecule has 0 saturated carbocycles. The molecule has 104 valence electrons. The molecule has 19 heavy (non-hydrogen) atoms. The summed E-state index contributed by atoms with van der Waals surface area (Å²) in [6.45, 7) is 2.43. The van der Waals surface area contributed by atoms with Crippen molar-refractivity contribution in [2.75, 3.05) is 20.8 Å². The average Bonchev–Trinajstić information content (AvgIpc) is 2.87. The molecular weight excluding hydrogens is 246 g/mol. The van der Waals surface area contributed by atoms with Crippen LogP contribution in [0.4, 0.5) is 0 Å². The molecule has 1 aromatic carbocycles. The van der Waals surface area contributed by atoms with Gasteiger partial charge >= 0.3 is 5.97 Å². The largest absolute Gasteiger partial charge is 0.496 e. The Morgan fingerprint density at radius 2 is 2.11 bits per heavy atom. The van der Waals surface area contributed by atoms with E-state index in [0.717, 1.165) is 22.6 Å². The third kappa shape index (κ3) is 2.51. The second-order valence-corrected chi connectivity index (χ2v) is 4.75. The lowest BCUT2D eigenvalue weighted by atomic mass is 9.97. The van der Waals surface area contributed by atoms with Crippen LogP contribution < -0.4 is 14.8 Å². The molecule has 5 heteroatoms. The van der Waals surface area contributed by atoms with Gasteiger partial charge in [-0.2, -0.15) is 0 Å². The number of aliphatic carboxylic acids is 1. The molecule has 1 aliphatic rings. The summed E-state index contributed by atoms with van der Waals surface area (Å²) in [6.07, 6.45) is 0.581. The van der Waals surface area contributed by atoms with Gasteiger partial charge in [-0.05, 0) is 19.4 Å². The van der Waals surface area contributed by atoms with E-state index < -0.39 is 5.97 Å². The number of methoxy groups -OCH3 is 2. The monoisotopic (exact) mass is 265 g/mol. The second-order valence-electron chi connectivity index (χ2n) is 4.75. The zero-order valence-electron chi connectivity index (χ0n) is 11.4. The van der Waals surface area contributed by atoms with E-state index in [1.807, 2.05) is 19.1 Å². The van der Waals surface area contributed by atoms with Gasteiger partial charge in [0.25, 0.3) is 0 Å². The molecule has 5 nitrogen and oxygen atoms in total. The van der Waals surface area contributed by atoms with E-state index in [1.54, 1.807) is 14.2 Å². The number of nitrogens with one attached hydrogen (secondary N) is 1. The van der Waals surface area contributed by atoms with Gasteiger partial charge in [0.2, 0.25) is 0 Å². The Bertz CT molecular complexity index is 487. The van der Waals surface area contributed by atoms with Gasteiger partial charge in [-0.15, -0.1) is 0 Å². The van der Waals surface area contributed by atoms with Crippen molar-refractivity contribution in [1.82, 2.24) is 5.32 Å². The van der Waals surface area contributed by atoms with Crippen molar-refractivity contribution >= 4 is 5.97 Å². The van der Waals surface area contributed by atoms with Crippen molar-refractivity contribution in [3.8, 4) is 11.5 Å². The third-order valence-corrected chi connectivity index (χ3v) is 3.67. The van der Waals surface area contributed by atoms with Crippen LogP contribution in [-0.2, 0) is 4.79 Å². The van der Waals surface area contributed by atoms with Crippen molar-refractivity contribution < 1.29 is 19.4 Å². The number of carboxylic acid groups (broad SMARTS) is 1. The lowest BCUT2D eigenvalue weighted by Gasteiger charge is -2.18. The van der Waals surface area contributed by atoms with Crippen LogP contribution in [0.5, 0.6) is 11.5 Å². The van der Waals surface area contributed by atoms with E-state index in [2.05, 4.69) is 5.32 Å². The number of hydrogen-bond donors (Lipinski definition) is 2. The van der Waals surface area contributed by atoms with Crippen molar-refractivity contribution in [3.05, 3.63) is 23.3 Å². The Morgan fingerprint density at radius 1 is 1.37 bits per heavy atom. The highest BCUT2D eigenvalue weighted by Gasteiger charge is 2.32. The van der Waals surface area contributed by atoms with Crippen LogP contribution in [0.15, 0.2) is 12.1 Å². The van der Waals surface area contributed by atoms with Crippen LogP contribution in [0.1, 0.15) is 23.6 Å². The number of ether oxygens (including phenoxy) is 2. The zero-order valence-corrected chi connectivity index (χ0v) is 11.4. The summed E-state index contributed by atoms with van der Waals surface area (Å²) in [6, 6.07) is 3.84. The first-order chi connectivity index (χ1) is 9.08. The Labute approximate surface area is 112 Å². The van der Waals surface area contributed by atoms with Crippen molar-refractivity contribution in [1.29, 1.82) is 0 Å². The number of carbonyl (C=O) groups is 1. The lowest BCUT2D eigenvalue weighted by Crippen LogP contribution is -2.17. The minimum atomic E-state index is -0.751. The molecular formula is C14H19NO4. The summed E-state index contributed by atoms with van der Waals surface area (Å²) >= 11 is 0. The maximum absolute atomic E-state index is 11.0. The van der Waals surface area contributed by atoms with Crippen molar-refractivity contribution in [2.24, 2.45) is 5.92 Å². The van der Waals surface area contributed by atoms with Crippen molar-refractivity contribution in [2.45, 2.75) is 19.4 Å². The Hall–Kier alpha value is -1.75. The topological polar surface area (TPSA) is 67.8 Å². The molecule has 2 atom stereocenters. The summed E-state index contributed by atoms with van der Waals surface area (Å²) in [5.74, 6) is 0.451. The molecule has 0 amide bonds. The Balaban J connectivity index is 2.31. The first-order valence-corrected chi connectivity index (χ1v) is 6.26. The summed E-state index contributed by atoms with van der Waals surface area (Å²) in [5.41, 5.74) is 1.92. The Kier molecular flexibility index (Phi) is 3.95. The molecule has 1 saturated heterocycles. The van der Waals surface area contributed by atoms with Gasteiger partial charge in [-0.3, -0.25) is 4.79 Å². The van der Waals surface area contributed by atoms with Crippen LogP contribution in [-0.4, -0.2) is 31.8 Å². The number of hydrogen-bond acceptors (Lipinski definition) is 4. The van der Waals surface area contributed by atoms with E-state index in [4.69, 9.17) is 14.6 Å². The fourth-order valence-electron chi connectivity index (χ4n) is 2.62. The van der Waals surface area contributed by atoms with Gasteiger partial charge in [0.1, 0.15) is 11.5 Å². The fraction of sp³-hybridized carbons (Fsp3) is 0.500. The highest BCUT2D eigenvalue weighted by molar-refractivity contribution is 5.71. The molecule has 0 bridgehead atoms. The van der Waals surface area contributed by atoms with Crippen LogP contribution in [0.3, 0.4) is 0 Å². The van der Waals surface area contributed by atoms with Crippen LogP contribution in [0, 0.1) is 12.8 Å². The molecule has 0 radical (unpaired) electrons. The van der Waals surface area contributed by atoms with Gasteiger partial charge in [0.05, 0.1) is 20.1 Å². The highest BCUT2D eigenvalue weighted by Crippen LogP contribution is 2.38. The minimum absolute atomic E-state index is 0.0145. The smallest absolute Gasteiger partial charge is 0.307 e. The van der Waals surface area contributed by atoms with E-state index >= 15 is 0 Å². The van der Waals surface area contributed by atoms with E-state index in [1.165, 1.54) is 0 Å². The molecule has 1 fully saturated rings. The predicted octanol–water partition coefficient (Wildman–Crippen LogP) is 1.75. The minimum Gasteiger partial charge on any atom is -0.496 e. The molecule has 2 unspecified atom stereocenters. The molecule has 0 spiro atoms. The maximum Gasteiger partial charge on any atom is 0.307 e. The van der Waals surface area contributed by atoms with E-state index in [-0.39, 0.29) is 12.0 Å². The number of rotatable bonds is 4. The van der Waals surface area contributed by atoms with Gasteiger partial charge in [-0.25, -0.2) is 0 Å². The molecule has 2 N–H and O–H groups in total. The van der Waals surface area contributed by atoms with Crippen LogP contribution in [0.2, 0.25) is 0 Å². The van der Waals surface area contributed by atoms with Gasteiger partial charge in [-0.1, -0.05) is 6.07 Å². The molecule has 0 aliphatic carbocycles. The number of benzene rings is 1. The predicted molar refractivity (Wildman–Crippen MR) is 70.8 cm³/mol. The van der Waals surface area contributed by atoms with Gasteiger partial charge < -0.3 is 19.9 Å². The second kappa shape index (κ2) is 5.48. The summed E-state index contributed by atoms with van der Waals surface area (Å²) in [4.78, 5) is 11.0. The molecule has 1 heterocycles. The summed E-state index contributed by atoms with van der Waals surface area (Å²) in [5, 5.41) is 12.3. The quantitative estimate of drug-likeness (QED) is 0.868. The molecule has 0 aromatic heterocycles. The standard InChI is InChI=1S/C14H19NO4/c1-8-12(18-2)5-4-10(13(8)19-3)11-6-9(7-15-11)14(16)17/h4-5,9,11,15H,6-7H2,1-3H3,(H,16,17). The SMILES string of the molecule is COc1ccc(C2CC(C(=O)O)CN2)c(OC)c1C. The summed E-state index contributed by atoms with van der Waals surface area (Å²) in [7, 11) is 3.24. The normalized spacial score (nSPS) is 22.3. The molecule has 1 aromatic rings. The van der Waals surface area contributed by atoms with Gasteiger partial charge in [0, 0.05) is 23.7 Å². The number of carboxylic acids is 1. The van der Waals surface area contributed by atoms with E-state index in [9.17, 15) is 4.79 Å². The van der Waals surface area contributed by atoms with Gasteiger partial charge in [0.15, 0.2) is 0 Å². The average molecular weight is 265 g/mol. The van der Waals surface area contributed by atoms with Crippen LogP contribution >= 0.6 is 0 Å². The summed E-state index contributed by atoms with van der Waals surface area (Å²) < 4.78 is 10.7. The molecule has 2 rings (SSSR count). The first-order valence-electron chi connectivity index (χ1n) is 6.26. The fourth-order valence-corrected chi connectivity index (χ4v) is 2.62. The van der Waals surface area contributed by atoms with Crippen LogP contribution in [0.25, 0.3) is 0 Å². The van der Waals surface area contributed by atoms with E-state index in [0.29, 0.717) is 13.0 Å². The van der Waals surface area contributed by atoms with Crippen molar-refractivity contribution in [3.63, 3.8) is 0 Å². The maximum atomic E-state index is 11.0. The third-order valence-electron chi connectivity index (χ3n) is 3.67. The molecule has 1 aliphatic heterocycles. The highest BCUT2D eigenvalue weighted by atomic mass is 16.5.